The lowest BCUT2D eigenvalue weighted by atomic mass is 10.1. The van der Waals surface area contributed by atoms with Crippen molar-refractivity contribution in [2.45, 2.75) is 26.3 Å². The van der Waals surface area contributed by atoms with E-state index in [9.17, 15) is 4.79 Å². The summed E-state index contributed by atoms with van der Waals surface area (Å²) in [5, 5.41) is 6.72. The summed E-state index contributed by atoms with van der Waals surface area (Å²) < 4.78 is 0.965. The third-order valence-electron chi connectivity index (χ3n) is 3.61. The van der Waals surface area contributed by atoms with E-state index in [1.54, 1.807) is 6.21 Å². The van der Waals surface area contributed by atoms with Crippen molar-refractivity contribution in [2.75, 3.05) is 6.61 Å². The van der Waals surface area contributed by atoms with Gasteiger partial charge in [-0.25, -0.2) is 0 Å². The lowest BCUT2D eigenvalue weighted by molar-refractivity contribution is -0.126. The van der Waals surface area contributed by atoms with Gasteiger partial charge in [0, 0.05) is 4.47 Å². The van der Waals surface area contributed by atoms with E-state index in [1.165, 1.54) is 5.56 Å². The minimum Gasteiger partial charge on any atom is -0.386 e. The summed E-state index contributed by atoms with van der Waals surface area (Å²) in [6.45, 7) is 3.93. The highest BCUT2D eigenvalue weighted by Gasteiger charge is 2.12. The number of aryl methyl sites for hydroxylation is 1. The van der Waals surface area contributed by atoms with Crippen LogP contribution in [0.5, 0.6) is 0 Å². The van der Waals surface area contributed by atoms with E-state index < -0.39 is 0 Å². The van der Waals surface area contributed by atoms with Crippen molar-refractivity contribution in [3.8, 4) is 0 Å². The van der Waals surface area contributed by atoms with Crippen LogP contribution in [0.1, 0.15) is 36.6 Å². The summed E-state index contributed by atoms with van der Waals surface area (Å²) in [5.41, 5.74) is 3.23. The van der Waals surface area contributed by atoms with Gasteiger partial charge in [0.2, 0.25) is 0 Å². The molecule has 1 atom stereocenters. The molecule has 0 saturated carbocycles. The Bertz CT molecular complexity index is 699. The molecule has 1 amide bonds. The predicted octanol–water partition coefficient (Wildman–Crippen LogP) is 4.24. The van der Waals surface area contributed by atoms with E-state index in [-0.39, 0.29) is 18.6 Å². The number of nitrogens with one attached hydrogen (secondary N) is 1. The van der Waals surface area contributed by atoms with Gasteiger partial charge in [-0.2, -0.15) is 0 Å². The molecule has 0 aliphatic carbocycles. The van der Waals surface area contributed by atoms with Gasteiger partial charge in [0.25, 0.3) is 5.91 Å². The second-order valence-corrected chi connectivity index (χ2v) is 6.27. The molecule has 24 heavy (non-hydrogen) atoms. The average Bonchev–Trinajstić information content (AvgIpc) is 2.59. The molecule has 126 valence electrons. The highest BCUT2D eigenvalue weighted by atomic mass is 79.9. The zero-order valence-electron chi connectivity index (χ0n) is 13.8. The van der Waals surface area contributed by atoms with Crippen LogP contribution in [0.15, 0.2) is 58.2 Å². The maximum Gasteiger partial charge on any atom is 0.261 e. The molecule has 0 saturated heterocycles. The summed E-state index contributed by atoms with van der Waals surface area (Å²) in [5.74, 6) is -0.211. The van der Waals surface area contributed by atoms with Crippen LogP contribution in [0.25, 0.3) is 0 Å². The van der Waals surface area contributed by atoms with Crippen LogP contribution in [0, 0.1) is 0 Å². The molecule has 0 radical (unpaired) electrons. The molecular formula is C19H21BrN2O2. The molecule has 0 unspecified atom stereocenters. The number of amides is 1. The van der Waals surface area contributed by atoms with Gasteiger partial charge >= 0.3 is 0 Å². The van der Waals surface area contributed by atoms with E-state index in [0.717, 1.165) is 22.0 Å². The van der Waals surface area contributed by atoms with Gasteiger partial charge in [-0.15, -0.1) is 0 Å². The molecule has 5 heteroatoms. The van der Waals surface area contributed by atoms with Crippen LogP contribution in [-0.4, -0.2) is 18.7 Å². The summed E-state index contributed by atoms with van der Waals surface area (Å²) in [6, 6.07) is 15.7. The van der Waals surface area contributed by atoms with Gasteiger partial charge in [-0.3, -0.25) is 4.79 Å². The zero-order valence-corrected chi connectivity index (χ0v) is 15.4. The third kappa shape index (κ3) is 5.49. The number of hydrogen-bond donors (Lipinski definition) is 1. The van der Waals surface area contributed by atoms with Gasteiger partial charge in [0.15, 0.2) is 6.61 Å². The predicted molar refractivity (Wildman–Crippen MR) is 100 cm³/mol. The number of carbonyl (C=O) groups is 1. The molecular weight excluding hydrogens is 368 g/mol. The third-order valence-corrected chi connectivity index (χ3v) is 4.33. The second kappa shape index (κ2) is 9.23. The van der Waals surface area contributed by atoms with E-state index in [0.29, 0.717) is 0 Å². The highest BCUT2D eigenvalue weighted by Crippen LogP contribution is 2.22. The van der Waals surface area contributed by atoms with Crippen molar-refractivity contribution in [1.82, 2.24) is 5.32 Å². The fourth-order valence-corrected chi connectivity index (χ4v) is 2.85. The Kier molecular flexibility index (Phi) is 7.00. The number of carbonyl (C=O) groups excluding carboxylic acids is 1. The lowest BCUT2D eigenvalue weighted by Gasteiger charge is -2.15. The van der Waals surface area contributed by atoms with Gasteiger partial charge in [0.1, 0.15) is 0 Å². The van der Waals surface area contributed by atoms with Crippen molar-refractivity contribution < 1.29 is 9.63 Å². The minimum absolute atomic E-state index is 0.109. The number of nitrogens with zero attached hydrogens (tertiary/aromatic N) is 1. The zero-order chi connectivity index (χ0) is 17.4. The standard InChI is InChI=1S/C19H21BrN2O2/c1-3-15-8-10-16(11-9-15)12-21-24-13-19(23)22-14(2)17-6-4-5-7-18(17)20/h4-12,14H,3,13H2,1-2H3,(H,22,23)/b21-12-/t14-/m0/s1. The fourth-order valence-electron chi connectivity index (χ4n) is 2.22. The number of rotatable bonds is 7. The van der Waals surface area contributed by atoms with E-state index >= 15 is 0 Å². The molecule has 2 rings (SSSR count). The van der Waals surface area contributed by atoms with E-state index in [2.05, 4.69) is 33.3 Å². The topological polar surface area (TPSA) is 50.7 Å². The Labute approximate surface area is 151 Å². The molecule has 0 bridgehead atoms. The SMILES string of the molecule is CCc1ccc(/C=N\OCC(=O)N[C@@H](C)c2ccccc2Br)cc1. The van der Waals surface area contributed by atoms with Crippen molar-refractivity contribution in [3.63, 3.8) is 0 Å². The molecule has 0 fully saturated rings. The number of hydrogen-bond acceptors (Lipinski definition) is 3. The molecule has 0 aromatic heterocycles. The molecule has 0 spiro atoms. The smallest absolute Gasteiger partial charge is 0.261 e. The Morgan fingerprint density at radius 1 is 1.25 bits per heavy atom. The average molecular weight is 389 g/mol. The Morgan fingerprint density at radius 2 is 1.96 bits per heavy atom. The Hall–Kier alpha value is -2.14. The highest BCUT2D eigenvalue weighted by molar-refractivity contribution is 9.10. The number of halogens is 1. The molecule has 0 aliphatic rings. The van der Waals surface area contributed by atoms with E-state index in [4.69, 9.17) is 4.84 Å². The minimum atomic E-state index is -0.211. The summed E-state index contributed by atoms with van der Waals surface area (Å²) >= 11 is 3.48. The first kappa shape index (κ1) is 18.2. The normalized spacial score (nSPS) is 12.1. The maximum absolute atomic E-state index is 11.9. The number of oxime groups is 1. The van der Waals surface area contributed by atoms with Crippen LogP contribution < -0.4 is 5.32 Å². The van der Waals surface area contributed by atoms with Gasteiger partial charge < -0.3 is 10.2 Å². The van der Waals surface area contributed by atoms with E-state index in [1.807, 2.05) is 55.5 Å². The molecule has 0 aliphatic heterocycles. The molecule has 2 aromatic carbocycles. The molecule has 2 aromatic rings. The van der Waals surface area contributed by atoms with Crippen molar-refractivity contribution in [3.05, 3.63) is 69.7 Å². The Balaban J connectivity index is 1.78. The second-order valence-electron chi connectivity index (χ2n) is 5.41. The van der Waals surface area contributed by atoms with Gasteiger partial charge in [-0.1, -0.05) is 70.5 Å². The molecule has 4 nitrogen and oxygen atoms in total. The van der Waals surface area contributed by atoms with Gasteiger partial charge in [-0.05, 0) is 36.1 Å². The summed E-state index contributed by atoms with van der Waals surface area (Å²) in [4.78, 5) is 17.0. The van der Waals surface area contributed by atoms with Crippen molar-refractivity contribution in [2.24, 2.45) is 5.16 Å². The first-order valence-electron chi connectivity index (χ1n) is 7.88. The van der Waals surface area contributed by atoms with Crippen LogP contribution in [0.4, 0.5) is 0 Å². The van der Waals surface area contributed by atoms with Crippen molar-refractivity contribution >= 4 is 28.1 Å². The first-order valence-corrected chi connectivity index (χ1v) is 8.67. The lowest BCUT2D eigenvalue weighted by Crippen LogP contribution is -2.29. The van der Waals surface area contributed by atoms with Crippen LogP contribution in [0.3, 0.4) is 0 Å². The fraction of sp³-hybridized carbons (Fsp3) is 0.263. The summed E-state index contributed by atoms with van der Waals surface area (Å²) in [6.07, 6.45) is 2.60. The number of benzene rings is 2. The van der Waals surface area contributed by atoms with Crippen molar-refractivity contribution in [1.29, 1.82) is 0 Å². The molecule has 1 N–H and O–H groups in total. The van der Waals surface area contributed by atoms with Crippen LogP contribution in [0.2, 0.25) is 0 Å². The quantitative estimate of drug-likeness (QED) is 0.569. The molecule has 0 heterocycles. The maximum atomic E-state index is 11.9. The largest absolute Gasteiger partial charge is 0.386 e. The first-order chi connectivity index (χ1) is 11.6. The van der Waals surface area contributed by atoms with Gasteiger partial charge in [0.05, 0.1) is 12.3 Å². The summed E-state index contributed by atoms with van der Waals surface area (Å²) in [7, 11) is 0. The van der Waals surface area contributed by atoms with Crippen LogP contribution >= 0.6 is 15.9 Å². The Morgan fingerprint density at radius 3 is 2.62 bits per heavy atom. The monoisotopic (exact) mass is 388 g/mol. The van der Waals surface area contributed by atoms with Crippen LogP contribution in [-0.2, 0) is 16.1 Å².